The predicted molar refractivity (Wildman–Crippen MR) is 99.4 cm³/mol. The Labute approximate surface area is 148 Å². The van der Waals surface area contributed by atoms with Crippen LogP contribution in [0.5, 0.6) is 0 Å². The number of hydrogen-bond acceptors (Lipinski definition) is 3. The minimum Gasteiger partial charge on any atom is -0.326 e. The largest absolute Gasteiger partial charge is 0.326 e. The lowest BCUT2D eigenvalue weighted by Crippen LogP contribution is -2.40. The van der Waals surface area contributed by atoms with Crippen molar-refractivity contribution in [2.24, 2.45) is 0 Å². The maximum Gasteiger partial charge on any atom is 0.241 e. The van der Waals surface area contributed by atoms with Gasteiger partial charge in [-0.3, -0.25) is 14.5 Å². The fourth-order valence-electron chi connectivity index (χ4n) is 3.13. The monoisotopic (exact) mass is 337 g/mol. The summed E-state index contributed by atoms with van der Waals surface area (Å²) in [5.74, 6) is -0.0208. The first-order chi connectivity index (χ1) is 12.2. The number of nitrogens with zero attached hydrogens (tertiary/aromatic N) is 1. The summed E-state index contributed by atoms with van der Waals surface area (Å²) in [5, 5.41) is 5.84. The summed E-state index contributed by atoms with van der Waals surface area (Å²) in [7, 11) is 0. The van der Waals surface area contributed by atoms with Crippen molar-refractivity contribution in [2.45, 2.75) is 25.3 Å². The van der Waals surface area contributed by atoms with Gasteiger partial charge in [-0.1, -0.05) is 36.4 Å². The topological polar surface area (TPSA) is 61.4 Å². The zero-order valence-corrected chi connectivity index (χ0v) is 14.2. The Morgan fingerprint density at radius 3 is 2.16 bits per heavy atom. The van der Waals surface area contributed by atoms with Crippen LogP contribution in [0.2, 0.25) is 0 Å². The summed E-state index contributed by atoms with van der Waals surface area (Å²) in [5.41, 5.74) is 1.61. The summed E-state index contributed by atoms with van der Waals surface area (Å²) >= 11 is 0. The molecule has 25 heavy (non-hydrogen) atoms. The van der Waals surface area contributed by atoms with Gasteiger partial charge in [-0.2, -0.15) is 0 Å². The first-order valence-corrected chi connectivity index (χ1v) is 8.67. The molecule has 1 unspecified atom stereocenters. The van der Waals surface area contributed by atoms with Gasteiger partial charge in [0, 0.05) is 24.3 Å². The summed E-state index contributed by atoms with van der Waals surface area (Å²) < 4.78 is 0. The highest BCUT2D eigenvalue weighted by Gasteiger charge is 2.30. The Balaban J connectivity index is 1.49. The van der Waals surface area contributed by atoms with Crippen LogP contribution >= 0.6 is 0 Å². The van der Waals surface area contributed by atoms with Crippen LogP contribution in [-0.2, 0) is 9.59 Å². The van der Waals surface area contributed by atoms with E-state index >= 15 is 0 Å². The molecule has 0 aromatic heterocycles. The molecule has 2 aromatic carbocycles. The third-order valence-electron chi connectivity index (χ3n) is 4.39. The van der Waals surface area contributed by atoms with Gasteiger partial charge >= 0.3 is 0 Å². The molecule has 5 heteroatoms. The van der Waals surface area contributed by atoms with Crippen LogP contribution in [0.4, 0.5) is 11.4 Å². The lowest BCUT2D eigenvalue weighted by Gasteiger charge is -2.23. The van der Waals surface area contributed by atoms with E-state index in [1.807, 2.05) is 60.7 Å². The maximum absolute atomic E-state index is 12.5. The molecule has 2 amide bonds. The molecule has 0 spiro atoms. The Morgan fingerprint density at radius 1 is 0.920 bits per heavy atom. The first kappa shape index (κ1) is 17.2. The third kappa shape index (κ3) is 4.90. The van der Waals surface area contributed by atoms with Crippen molar-refractivity contribution in [1.29, 1.82) is 0 Å². The number of rotatable bonds is 6. The van der Waals surface area contributed by atoms with Crippen molar-refractivity contribution < 1.29 is 9.59 Å². The number of para-hydroxylation sites is 2. The van der Waals surface area contributed by atoms with Gasteiger partial charge in [0.2, 0.25) is 11.8 Å². The molecule has 3 rings (SSSR count). The quantitative estimate of drug-likeness (QED) is 0.851. The molecule has 2 aromatic rings. The lowest BCUT2D eigenvalue weighted by molar-refractivity contribution is -0.121. The van der Waals surface area contributed by atoms with Gasteiger partial charge in [-0.15, -0.1) is 0 Å². The zero-order chi connectivity index (χ0) is 17.5. The van der Waals surface area contributed by atoms with Crippen LogP contribution in [-0.4, -0.2) is 35.8 Å². The average molecular weight is 337 g/mol. The van der Waals surface area contributed by atoms with Crippen molar-refractivity contribution in [2.75, 3.05) is 23.7 Å². The van der Waals surface area contributed by atoms with E-state index in [0.29, 0.717) is 13.0 Å². The number of carbonyl (C=O) groups is 2. The number of likely N-dealkylation sites (tertiary alicyclic amines) is 1. The smallest absolute Gasteiger partial charge is 0.241 e. The van der Waals surface area contributed by atoms with Crippen molar-refractivity contribution in [3.05, 3.63) is 60.7 Å². The zero-order valence-electron chi connectivity index (χ0n) is 14.2. The lowest BCUT2D eigenvalue weighted by atomic mass is 10.2. The molecule has 0 radical (unpaired) electrons. The Morgan fingerprint density at radius 2 is 1.52 bits per heavy atom. The van der Waals surface area contributed by atoms with Gasteiger partial charge in [0.05, 0.1) is 6.04 Å². The van der Waals surface area contributed by atoms with Gasteiger partial charge in [-0.05, 0) is 43.7 Å². The van der Waals surface area contributed by atoms with Crippen molar-refractivity contribution in [1.82, 2.24) is 4.90 Å². The van der Waals surface area contributed by atoms with Crippen LogP contribution in [0.3, 0.4) is 0 Å². The Kier molecular flexibility index (Phi) is 5.80. The maximum atomic E-state index is 12.5. The van der Waals surface area contributed by atoms with Crippen LogP contribution in [0.15, 0.2) is 60.7 Å². The second-order valence-corrected chi connectivity index (χ2v) is 6.21. The van der Waals surface area contributed by atoms with E-state index in [9.17, 15) is 9.59 Å². The summed E-state index contributed by atoms with van der Waals surface area (Å²) in [6.45, 7) is 1.44. The molecular weight excluding hydrogens is 314 g/mol. The molecule has 130 valence electrons. The molecule has 1 atom stereocenters. The second-order valence-electron chi connectivity index (χ2n) is 6.21. The fraction of sp³-hybridized carbons (Fsp3) is 0.300. The van der Waals surface area contributed by atoms with E-state index in [1.165, 1.54) is 0 Å². The molecule has 0 bridgehead atoms. The summed E-state index contributed by atoms with van der Waals surface area (Å²) in [4.78, 5) is 26.7. The van der Waals surface area contributed by atoms with Crippen molar-refractivity contribution >= 4 is 23.2 Å². The van der Waals surface area contributed by atoms with Gasteiger partial charge in [-0.25, -0.2) is 0 Å². The van der Waals surface area contributed by atoms with E-state index in [2.05, 4.69) is 15.5 Å². The number of hydrogen-bond donors (Lipinski definition) is 2. The highest BCUT2D eigenvalue weighted by molar-refractivity contribution is 5.95. The number of anilines is 2. The molecule has 1 heterocycles. The highest BCUT2D eigenvalue weighted by atomic mass is 16.2. The van der Waals surface area contributed by atoms with E-state index < -0.39 is 0 Å². The SMILES string of the molecule is O=C(CCN1CCCC1C(=O)Nc1ccccc1)Nc1ccccc1. The number of amides is 2. The minimum atomic E-state index is -0.162. The fourth-order valence-corrected chi connectivity index (χ4v) is 3.13. The van der Waals surface area contributed by atoms with Gasteiger partial charge in [0.1, 0.15) is 0 Å². The highest BCUT2D eigenvalue weighted by Crippen LogP contribution is 2.19. The predicted octanol–water partition coefficient (Wildman–Crippen LogP) is 3.12. The van der Waals surface area contributed by atoms with Gasteiger partial charge in [0.15, 0.2) is 0 Å². The summed E-state index contributed by atoms with van der Waals surface area (Å²) in [6.07, 6.45) is 2.19. The molecule has 1 aliphatic heterocycles. The van der Waals surface area contributed by atoms with Crippen LogP contribution < -0.4 is 10.6 Å². The first-order valence-electron chi connectivity index (χ1n) is 8.67. The molecular formula is C20H23N3O2. The molecule has 1 fully saturated rings. The van der Waals surface area contributed by atoms with Crippen LogP contribution in [0.1, 0.15) is 19.3 Å². The number of benzene rings is 2. The normalized spacial score (nSPS) is 17.2. The third-order valence-corrected chi connectivity index (χ3v) is 4.39. The standard InChI is InChI=1S/C20H23N3O2/c24-19(21-16-8-3-1-4-9-16)13-15-23-14-7-12-18(23)20(25)22-17-10-5-2-6-11-17/h1-6,8-11,18H,7,12-15H2,(H,21,24)(H,22,25). The molecule has 0 saturated carbocycles. The van der Waals surface area contributed by atoms with Crippen molar-refractivity contribution in [3.63, 3.8) is 0 Å². The van der Waals surface area contributed by atoms with E-state index in [-0.39, 0.29) is 17.9 Å². The number of nitrogens with one attached hydrogen (secondary N) is 2. The van der Waals surface area contributed by atoms with E-state index in [0.717, 1.165) is 30.8 Å². The molecule has 1 aliphatic rings. The summed E-state index contributed by atoms with van der Waals surface area (Å²) in [6, 6.07) is 18.7. The Hall–Kier alpha value is -2.66. The van der Waals surface area contributed by atoms with E-state index in [1.54, 1.807) is 0 Å². The molecule has 5 nitrogen and oxygen atoms in total. The van der Waals surface area contributed by atoms with Gasteiger partial charge in [0.25, 0.3) is 0 Å². The molecule has 2 N–H and O–H groups in total. The minimum absolute atomic E-state index is 0.00664. The molecule has 0 aliphatic carbocycles. The Bertz CT molecular complexity index is 703. The molecule has 1 saturated heterocycles. The second kappa shape index (κ2) is 8.44. The van der Waals surface area contributed by atoms with Gasteiger partial charge < -0.3 is 10.6 Å². The average Bonchev–Trinajstić information content (AvgIpc) is 3.10. The number of carbonyl (C=O) groups excluding carboxylic acids is 2. The van der Waals surface area contributed by atoms with Crippen LogP contribution in [0, 0.1) is 0 Å². The van der Waals surface area contributed by atoms with Crippen molar-refractivity contribution in [3.8, 4) is 0 Å². The van der Waals surface area contributed by atoms with E-state index in [4.69, 9.17) is 0 Å². The van der Waals surface area contributed by atoms with Crippen LogP contribution in [0.25, 0.3) is 0 Å².